The highest BCUT2D eigenvalue weighted by Gasteiger charge is 2.20. The van der Waals surface area contributed by atoms with Gasteiger partial charge in [-0.1, -0.05) is 30.3 Å². The Kier molecular flexibility index (Phi) is 4.68. The molecule has 0 aliphatic rings. The SMILES string of the molecule is COc1ccc(S(=O)(=O)CC(Cl)c2ccccc2)cc1. The number of ether oxygens (including phenoxy) is 1. The molecule has 0 spiro atoms. The van der Waals surface area contributed by atoms with Gasteiger partial charge < -0.3 is 4.74 Å². The second kappa shape index (κ2) is 6.29. The van der Waals surface area contributed by atoms with Crippen LogP contribution in [0.25, 0.3) is 0 Å². The average Bonchev–Trinajstić information content (AvgIpc) is 2.48. The predicted octanol–water partition coefficient (Wildman–Crippen LogP) is 3.45. The summed E-state index contributed by atoms with van der Waals surface area (Å²) in [6.07, 6.45) is 0. The fourth-order valence-corrected chi connectivity index (χ4v) is 3.79. The zero-order chi connectivity index (χ0) is 14.6. The van der Waals surface area contributed by atoms with Crippen molar-refractivity contribution in [3.05, 3.63) is 60.2 Å². The van der Waals surface area contributed by atoms with Crippen molar-refractivity contribution in [2.24, 2.45) is 0 Å². The molecule has 2 aromatic carbocycles. The number of rotatable bonds is 5. The Morgan fingerprint density at radius 3 is 2.20 bits per heavy atom. The lowest BCUT2D eigenvalue weighted by Crippen LogP contribution is -2.11. The molecule has 20 heavy (non-hydrogen) atoms. The summed E-state index contributed by atoms with van der Waals surface area (Å²) in [7, 11) is -1.88. The molecule has 0 aromatic heterocycles. The molecular formula is C15H15ClO3S. The summed E-state index contributed by atoms with van der Waals surface area (Å²) in [5, 5.41) is -0.566. The minimum absolute atomic E-state index is 0.134. The fourth-order valence-electron chi connectivity index (χ4n) is 1.83. The van der Waals surface area contributed by atoms with Crippen LogP contribution < -0.4 is 4.74 Å². The molecular weight excluding hydrogens is 296 g/mol. The highest BCUT2D eigenvalue weighted by molar-refractivity contribution is 7.91. The van der Waals surface area contributed by atoms with Crippen LogP contribution in [0.1, 0.15) is 10.9 Å². The zero-order valence-electron chi connectivity index (χ0n) is 11.0. The number of halogens is 1. The first-order valence-corrected chi connectivity index (χ1v) is 8.17. The number of methoxy groups -OCH3 is 1. The first-order chi connectivity index (χ1) is 9.53. The molecule has 0 N–H and O–H groups in total. The monoisotopic (exact) mass is 310 g/mol. The molecule has 0 bridgehead atoms. The smallest absolute Gasteiger partial charge is 0.180 e. The van der Waals surface area contributed by atoms with E-state index in [9.17, 15) is 8.42 Å². The van der Waals surface area contributed by atoms with Crippen molar-refractivity contribution in [1.82, 2.24) is 0 Å². The van der Waals surface area contributed by atoms with Gasteiger partial charge in [-0.05, 0) is 29.8 Å². The number of hydrogen-bond acceptors (Lipinski definition) is 3. The maximum Gasteiger partial charge on any atom is 0.180 e. The summed E-state index contributed by atoms with van der Waals surface area (Å²) < 4.78 is 29.6. The molecule has 0 saturated carbocycles. The third-order valence-corrected chi connectivity index (χ3v) is 5.30. The molecule has 0 aliphatic heterocycles. The summed E-state index contributed by atoms with van der Waals surface area (Å²) in [5.74, 6) is 0.486. The predicted molar refractivity (Wildman–Crippen MR) is 80.1 cm³/mol. The molecule has 0 amide bonds. The fraction of sp³-hybridized carbons (Fsp3) is 0.200. The average molecular weight is 311 g/mol. The van der Waals surface area contributed by atoms with Crippen LogP contribution in [0.15, 0.2) is 59.5 Å². The topological polar surface area (TPSA) is 43.4 Å². The van der Waals surface area contributed by atoms with E-state index in [-0.39, 0.29) is 10.6 Å². The van der Waals surface area contributed by atoms with E-state index in [0.717, 1.165) is 5.56 Å². The Bertz CT molecular complexity index is 651. The summed E-state index contributed by atoms with van der Waals surface area (Å²) in [5.41, 5.74) is 0.797. The Morgan fingerprint density at radius 2 is 1.65 bits per heavy atom. The van der Waals surface area contributed by atoms with Crippen molar-refractivity contribution >= 4 is 21.4 Å². The van der Waals surface area contributed by atoms with Crippen molar-refractivity contribution in [3.63, 3.8) is 0 Å². The van der Waals surface area contributed by atoms with Gasteiger partial charge >= 0.3 is 0 Å². The normalized spacial score (nSPS) is 12.9. The van der Waals surface area contributed by atoms with Crippen LogP contribution in [0.5, 0.6) is 5.75 Å². The third-order valence-electron chi connectivity index (χ3n) is 2.95. The number of sulfone groups is 1. The maximum atomic E-state index is 12.3. The minimum Gasteiger partial charge on any atom is -0.497 e. The Morgan fingerprint density at radius 1 is 1.05 bits per heavy atom. The first-order valence-electron chi connectivity index (χ1n) is 6.09. The minimum atomic E-state index is -3.42. The van der Waals surface area contributed by atoms with Crippen molar-refractivity contribution < 1.29 is 13.2 Å². The van der Waals surface area contributed by atoms with E-state index in [1.165, 1.54) is 19.2 Å². The van der Waals surface area contributed by atoms with Crippen molar-refractivity contribution in [2.75, 3.05) is 12.9 Å². The molecule has 5 heteroatoms. The highest BCUT2D eigenvalue weighted by Crippen LogP contribution is 2.26. The number of hydrogen-bond donors (Lipinski definition) is 0. The van der Waals surface area contributed by atoms with Gasteiger partial charge in [0.25, 0.3) is 0 Å². The lowest BCUT2D eigenvalue weighted by atomic mass is 10.2. The number of benzene rings is 2. The molecule has 2 aromatic rings. The van der Waals surface area contributed by atoms with E-state index in [1.807, 2.05) is 30.3 Å². The van der Waals surface area contributed by atoms with E-state index < -0.39 is 15.2 Å². The second-order valence-electron chi connectivity index (χ2n) is 4.34. The van der Waals surface area contributed by atoms with Gasteiger partial charge in [0.2, 0.25) is 0 Å². The van der Waals surface area contributed by atoms with Crippen molar-refractivity contribution in [3.8, 4) is 5.75 Å². The van der Waals surface area contributed by atoms with Gasteiger partial charge in [-0.2, -0.15) is 0 Å². The van der Waals surface area contributed by atoms with Gasteiger partial charge in [0, 0.05) is 0 Å². The molecule has 1 atom stereocenters. The maximum absolute atomic E-state index is 12.3. The van der Waals surface area contributed by atoms with Crippen LogP contribution in [0, 0.1) is 0 Å². The zero-order valence-corrected chi connectivity index (χ0v) is 12.6. The summed E-state index contributed by atoms with van der Waals surface area (Å²) in [6, 6.07) is 15.5. The summed E-state index contributed by atoms with van der Waals surface area (Å²) >= 11 is 6.20. The molecule has 0 aliphatic carbocycles. The van der Waals surface area contributed by atoms with Crippen LogP contribution in [-0.4, -0.2) is 21.3 Å². The molecule has 0 saturated heterocycles. The molecule has 2 rings (SSSR count). The summed E-state index contributed by atoms with van der Waals surface area (Å²) in [4.78, 5) is 0.250. The van der Waals surface area contributed by atoms with Gasteiger partial charge in [0.15, 0.2) is 9.84 Å². The van der Waals surface area contributed by atoms with E-state index in [0.29, 0.717) is 5.75 Å². The molecule has 0 fully saturated rings. The van der Waals surface area contributed by atoms with E-state index in [2.05, 4.69) is 0 Å². The van der Waals surface area contributed by atoms with Gasteiger partial charge in [-0.15, -0.1) is 11.6 Å². The van der Waals surface area contributed by atoms with Crippen LogP contribution >= 0.6 is 11.6 Å². The van der Waals surface area contributed by atoms with Crippen molar-refractivity contribution in [1.29, 1.82) is 0 Å². The van der Waals surface area contributed by atoms with Gasteiger partial charge in [-0.3, -0.25) is 0 Å². The molecule has 0 heterocycles. The van der Waals surface area contributed by atoms with E-state index >= 15 is 0 Å². The van der Waals surface area contributed by atoms with Crippen molar-refractivity contribution in [2.45, 2.75) is 10.3 Å². The highest BCUT2D eigenvalue weighted by atomic mass is 35.5. The third kappa shape index (κ3) is 3.52. The Balaban J connectivity index is 2.18. The summed E-state index contributed by atoms with van der Waals surface area (Å²) in [6.45, 7) is 0. The van der Waals surface area contributed by atoms with Gasteiger partial charge in [0.1, 0.15) is 5.75 Å². The number of alkyl halides is 1. The Hall–Kier alpha value is -1.52. The van der Waals surface area contributed by atoms with E-state index in [1.54, 1.807) is 12.1 Å². The van der Waals surface area contributed by atoms with Crippen LogP contribution in [-0.2, 0) is 9.84 Å². The van der Waals surface area contributed by atoms with Crippen LogP contribution in [0.3, 0.4) is 0 Å². The first kappa shape index (κ1) is 14.9. The largest absolute Gasteiger partial charge is 0.497 e. The lowest BCUT2D eigenvalue weighted by molar-refractivity contribution is 0.414. The molecule has 1 unspecified atom stereocenters. The van der Waals surface area contributed by atoms with Crippen LogP contribution in [0.2, 0.25) is 0 Å². The quantitative estimate of drug-likeness (QED) is 0.794. The lowest BCUT2D eigenvalue weighted by Gasteiger charge is -2.11. The molecule has 106 valence electrons. The molecule has 3 nitrogen and oxygen atoms in total. The van der Waals surface area contributed by atoms with Crippen LogP contribution in [0.4, 0.5) is 0 Å². The van der Waals surface area contributed by atoms with Gasteiger partial charge in [0.05, 0.1) is 23.1 Å². The standard InChI is InChI=1S/C15H15ClO3S/c1-19-13-7-9-14(10-8-13)20(17,18)11-15(16)12-5-3-2-4-6-12/h2-10,15H,11H2,1H3. The van der Waals surface area contributed by atoms with Gasteiger partial charge in [-0.25, -0.2) is 8.42 Å². The molecule has 0 radical (unpaired) electrons. The van der Waals surface area contributed by atoms with E-state index in [4.69, 9.17) is 16.3 Å². The second-order valence-corrected chi connectivity index (χ2v) is 6.90. The Labute approximate surface area is 124 Å².